The molecule has 0 bridgehead atoms. The number of alkyl halides is 2. The number of hydrogen-bond donors (Lipinski definition) is 1. The highest BCUT2D eigenvalue weighted by Crippen LogP contribution is 2.30. The van der Waals surface area contributed by atoms with E-state index >= 15 is 0 Å². The molecule has 1 aliphatic rings. The summed E-state index contributed by atoms with van der Waals surface area (Å²) in [6.45, 7) is -1.89. The van der Waals surface area contributed by atoms with E-state index in [1.807, 2.05) is 42.5 Å². The molecule has 1 aliphatic heterocycles. The number of urea groups is 1. The number of Topliss-reactive ketones (excluding diaryl/α,β-unsaturated/α-hetero) is 1. The Bertz CT molecular complexity index is 1180. The van der Waals surface area contributed by atoms with Crippen LogP contribution in [-0.4, -0.2) is 35.8 Å². The first-order valence-electron chi connectivity index (χ1n) is 10.2. The molecule has 6 nitrogen and oxygen atoms in total. The van der Waals surface area contributed by atoms with Crippen molar-refractivity contribution in [2.75, 3.05) is 6.54 Å². The Morgan fingerprint density at radius 2 is 1.55 bits per heavy atom. The largest absolute Gasteiger partial charge is 0.435 e. The molecule has 4 rings (SSSR count). The number of carbonyl (C=O) groups is 3. The number of halogens is 2. The average Bonchev–Trinajstić information content (AvgIpc) is 3.03. The molecular formula is C25H20F2N2O4. The molecule has 0 aromatic heterocycles. The van der Waals surface area contributed by atoms with E-state index in [1.54, 1.807) is 12.1 Å². The van der Waals surface area contributed by atoms with Crippen molar-refractivity contribution >= 4 is 17.7 Å². The lowest BCUT2D eigenvalue weighted by Gasteiger charge is -2.22. The van der Waals surface area contributed by atoms with E-state index in [1.165, 1.54) is 31.2 Å². The van der Waals surface area contributed by atoms with Crippen molar-refractivity contribution in [2.24, 2.45) is 0 Å². The van der Waals surface area contributed by atoms with Crippen molar-refractivity contribution in [3.63, 3.8) is 0 Å². The third-order valence-corrected chi connectivity index (χ3v) is 5.55. The maximum Gasteiger partial charge on any atom is 0.387 e. The standard InChI is InChI=1S/C25H20F2N2O4/c1-25(19-11-13-20(14-12-19)33-23(26)27)22(31)29(24(32)28-25)15-21(30)18-9-7-17(8-10-18)16-5-3-2-4-6-16/h2-14,23H,15H2,1H3,(H,28,32). The molecule has 1 N–H and O–H groups in total. The number of ketones is 1. The molecule has 1 heterocycles. The topological polar surface area (TPSA) is 75.7 Å². The Kier molecular flexibility index (Phi) is 5.91. The van der Waals surface area contributed by atoms with Crippen LogP contribution >= 0.6 is 0 Å². The quantitative estimate of drug-likeness (QED) is 0.422. The Labute approximate surface area is 188 Å². The number of carbonyl (C=O) groups excluding carboxylic acids is 3. The van der Waals surface area contributed by atoms with E-state index < -0.39 is 30.6 Å². The lowest BCUT2D eigenvalue weighted by Crippen LogP contribution is -2.41. The van der Waals surface area contributed by atoms with E-state index in [9.17, 15) is 23.2 Å². The average molecular weight is 450 g/mol. The summed E-state index contributed by atoms with van der Waals surface area (Å²) in [5.41, 5.74) is 1.26. The molecule has 0 spiro atoms. The highest BCUT2D eigenvalue weighted by molar-refractivity contribution is 6.11. The van der Waals surface area contributed by atoms with E-state index in [-0.39, 0.29) is 11.5 Å². The number of amides is 3. The van der Waals surface area contributed by atoms with Crippen LogP contribution in [0, 0.1) is 0 Å². The number of imide groups is 1. The summed E-state index contributed by atoms with van der Waals surface area (Å²) in [7, 11) is 0. The first-order chi connectivity index (χ1) is 15.8. The number of ether oxygens (including phenoxy) is 1. The highest BCUT2D eigenvalue weighted by Gasteiger charge is 2.49. The molecular weight excluding hydrogens is 430 g/mol. The van der Waals surface area contributed by atoms with E-state index in [4.69, 9.17) is 0 Å². The summed E-state index contributed by atoms with van der Waals surface area (Å²) in [5, 5.41) is 2.59. The summed E-state index contributed by atoms with van der Waals surface area (Å²) < 4.78 is 29.0. The molecule has 0 saturated carbocycles. The number of nitrogens with one attached hydrogen (secondary N) is 1. The molecule has 1 atom stereocenters. The molecule has 1 fully saturated rings. The van der Waals surface area contributed by atoms with Gasteiger partial charge in [0.25, 0.3) is 5.91 Å². The summed E-state index contributed by atoms with van der Waals surface area (Å²) in [6, 6.07) is 21.3. The zero-order chi connectivity index (χ0) is 23.6. The molecule has 3 aromatic carbocycles. The molecule has 8 heteroatoms. The zero-order valence-corrected chi connectivity index (χ0v) is 17.6. The SMILES string of the molecule is CC1(c2ccc(OC(F)F)cc2)NC(=O)N(CC(=O)c2ccc(-c3ccccc3)cc2)C1=O. The molecule has 3 aromatic rings. The third-order valence-electron chi connectivity index (χ3n) is 5.55. The molecule has 1 saturated heterocycles. The smallest absolute Gasteiger partial charge is 0.387 e. The minimum Gasteiger partial charge on any atom is -0.435 e. The number of rotatable bonds is 7. The van der Waals surface area contributed by atoms with Gasteiger partial charge in [0.1, 0.15) is 11.3 Å². The van der Waals surface area contributed by atoms with E-state index in [2.05, 4.69) is 10.1 Å². The van der Waals surface area contributed by atoms with Gasteiger partial charge in [0.05, 0.1) is 6.54 Å². The minimum atomic E-state index is -2.97. The van der Waals surface area contributed by atoms with Crippen LogP contribution in [0.4, 0.5) is 13.6 Å². The van der Waals surface area contributed by atoms with Gasteiger partial charge in [-0.05, 0) is 35.7 Å². The minimum absolute atomic E-state index is 0.0693. The van der Waals surface area contributed by atoms with Crippen LogP contribution in [-0.2, 0) is 10.3 Å². The van der Waals surface area contributed by atoms with Crippen LogP contribution in [0.5, 0.6) is 5.75 Å². The number of nitrogens with zero attached hydrogens (tertiary/aromatic N) is 1. The van der Waals surface area contributed by atoms with Gasteiger partial charge >= 0.3 is 12.6 Å². The van der Waals surface area contributed by atoms with Crippen LogP contribution in [0.25, 0.3) is 11.1 Å². The second-order valence-corrected chi connectivity index (χ2v) is 7.72. The summed E-state index contributed by atoms with van der Waals surface area (Å²) in [4.78, 5) is 39.2. The van der Waals surface area contributed by atoms with E-state index in [0.717, 1.165) is 16.0 Å². The van der Waals surface area contributed by atoms with Gasteiger partial charge < -0.3 is 10.1 Å². The molecule has 1 unspecified atom stereocenters. The van der Waals surface area contributed by atoms with Crippen molar-refractivity contribution in [2.45, 2.75) is 19.1 Å². The van der Waals surface area contributed by atoms with Gasteiger partial charge in [-0.2, -0.15) is 8.78 Å². The van der Waals surface area contributed by atoms with Crippen molar-refractivity contribution in [1.82, 2.24) is 10.2 Å². The van der Waals surface area contributed by atoms with Crippen LogP contribution in [0.1, 0.15) is 22.8 Å². The fraction of sp³-hybridized carbons (Fsp3) is 0.160. The zero-order valence-electron chi connectivity index (χ0n) is 17.6. The fourth-order valence-electron chi connectivity index (χ4n) is 3.72. The van der Waals surface area contributed by atoms with Crippen LogP contribution in [0.3, 0.4) is 0 Å². The second-order valence-electron chi connectivity index (χ2n) is 7.72. The number of hydrogen-bond acceptors (Lipinski definition) is 4. The first-order valence-corrected chi connectivity index (χ1v) is 10.2. The Morgan fingerprint density at radius 1 is 0.939 bits per heavy atom. The molecule has 0 radical (unpaired) electrons. The summed E-state index contributed by atoms with van der Waals surface area (Å²) in [5.74, 6) is -1.06. The van der Waals surface area contributed by atoms with Crippen molar-refractivity contribution in [3.05, 3.63) is 90.0 Å². The molecule has 0 aliphatic carbocycles. The van der Waals surface area contributed by atoms with Gasteiger partial charge in [-0.3, -0.25) is 14.5 Å². The van der Waals surface area contributed by atoms with Gasteiger partial charge in [0, 0.05) is 5.56 Å². The predicted octanol–water partition coefficient (Wildman–Crippen LogP) is 4.60. The van der Waals surface area contributed by atoms with E-state index in [0.29, 0.717) is 11.1 Å². The maximum absolute atomic E-state index is 13.0. The Balaban J connectivity index is 1.48. The van der Waals surface area contributed by atoms with Gasteiger partial charge in [0.2, 0.25) is 0 Å². The normalized spacial score (nSPS) is 17.9. The predicted molar refractivity (Wildman–Crippen MR) is 117 cm³/mol. The lowest BCUT2D eigenvalue weighted by molar-refractivity contribution is -0.130. The van der Waals surface area contributed by atoms with Crippen molar-refractivity contribution in [3.8, 4) is 16.9 Å². The molecule has 3 amide bonds. The highest BCUT2D eigenvalue weighted by atomic mass is 19.3. The van der Waals surface area contributed by atoms with Crippen molar-refractivity contribution < 1.29 is 27.9 Å². The third kappa shape index (κ3) is 4.45. The number of benzene rings is 3. The maximum atomic E-state index is 13.0. The summed E-state index contributed by atoms with van der Waals surface area (Å²) >= 11 is 0. The van der Waals surface area contributed by atoms with Gasteiger partial charge in [-0.1, -0.05) is 66.7 Å². The fourth-order valence-corrected chi connectivity index (χ4v) is 3.72. The molecule has 168 valence electrons. The van der Waals surface area contributed by atoms with Crippen LogP contribution in [0.2, 0.25) is 0 Å². The van der Waals surface area contributed by atoms with Crippen molar-refractivity contribution in [1.29, 1.82) is 0 Å². The Morgan fingerprint density at radius 3 is 2.15 bits per heavy atom. The van der Waals surface area contributed by atoms with Gasteiger partial charge in [-0.25, -0.2) is 4.79 Å². The van der Waals surface area contributed by atoms with Gasteiger partial charge in [-0.15, -0.1) is 0 Å². The first kappa shape index (κ1) is 22.1. The van der Waals surface area contributed by atoms with Gasteiger partial charge in [0.15, 0.2) is 5.78 Å². The second kappa shape index (κ2) is 8.82. The lowest BCUT2D eigenvalue weighted by atomic mass is 9.92. The monoisotopic (exact) mass is 450 g/mol. The summed E-state index contributed by atoms with van der Waals surface area (Å²) in [6.07, 6.45) is 0. The van der Waals surface area contributed by atoms with Crippen LogP contribution < -0.4 is 10.1 Å². The Hall–Kier alpha value is -4.07. The van der Waals surface area contributed by atoms with Crippen LogP contribution in [0.15, 0.2) is 78.9 Å². The molecule has 33 heavy (non-hydrogen) atoms.